The number of nitrogens with zero attached hydrogens (tertiary/aromatic N) is 1. The first kappa shape index (κ1) is 14.8. The van der Waals surface area contributed by atoms with Gasteiger partial charge in [-0.1, -0.05) is 6.07 Å². The van der Waals surface area contributed by atoms with Crippen LogP contribution in [0.1, 0.15) is 6.42 Å². The largest absolute Gasteiger partial charge is 0.485 e. The molecule has 0 aliphatic heterocycles. The number of nitro groups is 1. The Hall–Kier alpha value is -2.22. The SMILES string of the molecule is COC(=O)C(N)CCOc1c(F)cccc1[N+](=O)[O-]. The van der Waals surface area contributed by atoms with Gasteiger partial charge in [-0.15, -0.1) is 0 Å². The summed E-state index contributed by atoms with van der Waals surface area (Å²) in [6.07, 6.45) is 0.0537. The van der Waals surface area contributed by atoms with Gasteiger partial charge in [0.2, 0.25) is 5.75 Å². The lowest BCUT2D eigenvalue weighted by molar-refractivity contribution is -0.386. The smallest absolute Gasteiger partial charge is 0.322 e. The molecule has 0 bridgehead atoms. The van der Waals surface area contributed by atoms with E-state index in [1.54, 1.807) is 0 Å². The highest BCUT2D eigenvalue weighted by molar-refractivity contribution is 5.75. The van der Waals surface area contributed by atoms with E-state index in [0.29, 0.717) is 0 Å². The van der Waals surface area contributed by atoms with Crippen molar-refractivity contribution in [1.29, 1.82) is 0 Å². The number of carbonyl (C=O) groups excluding carboxylic acids is 1. The normalized spacial score (nSPS) is 11.7. The lowest BCUT2D eigenvalue weighted by atomic mass is 10.2. The third-order valence-corrected chi connectivity index (χ3v) is 2.32. The maximum atomic E-state index is 13.4. The molecule has 104 valence electrons. The average Bonchev–Trinajstić information content (AvgIpc) is 2.39. The zero-order valence-electron chi connectivity index (χ0n) is 10.2. The first-order chi connectivity index (χ1) is 8.97. The second kappa shape index (κ2) is 6.64. The van der Waals surface area contributed by atoms with Crippen LogP contribution in [0.2, 0.25) is 0 Å². The molecule has 0 aromatic heterocycles. The number of methoxy groups -OCH3 is 1. The number of nitrogens with two attached hydrogens (primary N) is 1. The minimum Gasteiger partial charge on any atom is -0.485 e. The van der Waals surface area contributed by atoms with E-state index in [9.17, 15) is 19.3 Å². The van der Waals surface area contributed by atoms with Crippen molar-refractivity contribution in [2.45, 2.75) is 12.5 Å². The zero-order valence-corrected chi connectivity index (χ0v) is 10.2. The number of nitro benzene ring substituents is 1. The van der Waals surface area contributed by atoms with Crippen molar-refractivity contribution in [3.63, 3.8) is 0 Å². The number of ether oxygens (including phenoxy) is 2. The van der Waals surface area contributed by atoms with Gasteiger partial charge in [-0.25, -0.2) is 4.39 Å². The quantitative estimate of drug-likeness (QED) is 0.470. The van der Waals surface area contributed by atoms with Crippen LogP contribution in [0.25, 0.3) is 0 Å². The lowest BCUT2D eigenvalue weighted by Crippen LogP contribution is -2.33. The summed E-state index contributed by atoms with van der Waals surface area (Å²) in [6.45, 7) is -0.141. The van der Waals surface area contributed by atoms with Gasteiger partial charge in [0, 0.05) is 12.5 Å². The van der Waals surface area contributed by atoms with Crippen LogP contribution < -0.4 is 10.5 Å². The molecule has 0 radical (unpaired) electrons. The first-order valence-corrected chi connectivity index (χ1v) is 5.36. The molecule has 0 aliphatic carbocycles. The van der Waals surface area contributed by atoms with Crippen LogP contribution in [-0.2, 0) is 9.53 Å². The third kappa shape index (κ3) is 3.88. The van der Waals surface area contributed by atoms with Gasteiger partial charge in [0.05, 0.1) is 18.6 Å². The molecule has 0 spiro atoms. The maximum absolute atomic E-state index is 13.4. The second-order valence-electron chi connectivity index (χ2n) is 3.61. The summed E-state index contributed by atoms with van der Waals surface area (Å²) in [5, 5.41) is 10.7. The van der Waals surface area contributed by atoms with E-state index in [-0.39, 0.29) is 13.0 Å². The highest BCUT2D eigenvalue weighted by Crippen LogP contribution is 2.29. The molecule has 1 aromatic carbocycles. The van der Waals surface area contributed by atoms with Crippen LogP contribution in [0.15, 0.2) is 18.2 Å². The second-order valence-corrected chi connectivity index (χ2v) is 3.61. The Balaban J connectivity index is 2.68. The molecule has 0 saturated heterocycles. The molecule has 1 aromatic rings. The molecule has 19 heavy (non-hydrogen) atoms. The molecule has 7 nitrogen and oxygen atoms in total. The number of rotatable bonds is 6. The molecule has 2 N–H and O–H groups in total. The maximum Gasteiger partial charge on any atom is 0.322 e. The molecule has 0 amide bonds. The van der Waals surface area contributed by atoms with Gasteiger partial charge in [0.15, 0.2) is 5.82 Å². The molecule has 0 saturated carbocycles. The topological polar surface area (TPSA) is 105 Å². The van der Waals surface area contributed by atoms with Crippen molar-refractivity contribution in [3.05, 3.63) is 34.1 Å². The van der Waals surface area contributed by atoms with Gasteiger partial charge in [-0.2, -0.15) is 0 Å². The van der Waals surface area contributed by atoms with Gasteiger partial charge < -0.3 is 15.2 Å². The Morgan fingerprint density at radius 3 is 2.84 bits per heavy atom. The van der Waals surface area contributed by atoms with Crippen LogP contribution in [0.5, 0.6) is 5.75 Å². The fourth-order valence-corrected chi connectivity index (χ4v) is 1.34. The predicted octanol–water partition coefficient (Wildman–Crippen LogP) is 1.00. The van der Waals surface area contributed by atoms with Crippen molar-refractivity contribution < 1.29 is 23.6 Å². The van der Waals surface area contributed by atoms with Crippen molar-refractivity contribution in [1.82, 2.24) is 0 Å². The highest BCUT2D eigenvalue weighted by Gasteiger charge is 2.20. The van der Waals surface area contributed by atoms with Gasteiger partial charge in [0.1, 0.15) is 6.04 Å². The van der Waals surface area contributed by atoms with Crippen LogP contribution in [0, 0.1) is 15.9 Å². The Morgan fingerprint density at radius 1 is 1.58 bits per heavy atom. The summed E-state index contributed by atoms with van der Waals surface area (Å²) < 4.78 is 22.8. The van der Waals surface area contributed by atoms with E-state index >= 15 is 0 Å². The minimum atomic E-state index is -0.921. The van der Waals surface area contributed by atoms with Crippen LogP contribution >= 0.6 is 0 Å². The summed E-state index contributed by atoms with van der Waals surface area (Å²) >= 11 is 0. The summed E-state index contributed by atoms with van der Waals surface area (Å²) in [5.41, 5.74) is 4.97. The number of hydrogen-bond donors (Lipinski definition) is 1. The number of benzene rings is 1. The molecule has 8 heteroatoms. The van der Waals surface area contributed by atoms with Crippen molar-refractivity contribution >= 4 is 11.7 Å². The highest BCUT2D eigenvalue weighted by atomic mass is 19.1. The van der Waals surface area contributed by atoms with Gasteiger partial charge >= 0.3 is 11.7 Å². The number of halogens is 1. The van der Waals surface area contributed by atoms with Crippen molar-refractivity contribution in [3.8, 4) is 5.75 Å². The monoisotopic (exact) mass is 272 g/mol. The standard InChI is InChI=1S/C11H13FN2O5/c1-18-11(15)8(13)5-6-19-10-7(12)3-2-4-9(10)14(16)17/h2-4,8H,5-6,13H2,1H3. The van der Waals surface area contributed by atoms with Gasteiger partial charge in [-0.3, -0.25) is 14.9 Å². The summed E-state index contributed by atoms with van der Waals surface area (Å²) in [4.78, 5) is 20.9. The van der Waals surface area contributed by atoms with E-state index in [1.807, 2.05) is 0 Å². The molecule has 1 atom stereocenters. The average molecular weight is 272 g/mol. The molecule has 0 heterocycles. The predicted molar refractivity (Wildman–Crippen MR) is 63.2 cm³/mol. The Labute approximate surface area is 108 Å². The lowest BCUT2D eigenvalue weighted by Gasteiger charge is -2.11. The van der Waals surface area contributed by atoms with E-state index < -0.39 is 34.2 Å². The zero-order chi connectivity index (χ0) is 14.4. The number of hydrogen-bond acceptors (Lipinski definition) is 6. The molecule has 1 rings (SSSR count). The Bertz CT molecular complexity index is 480. The number of para-hydroxylation sites is 1. The van der Waals surface area contributed by atoms with Crippen LogP contribution in [-0.4, -0.2) is 30.7 Å². The fourth-order valence-electron chi connectivity index (χ4n) is 1.34. The molecular formula is C11H13FN2O5. The number of esters is 1. The Kier molecular flexibility index (Phi) is 5.19. The first-order valence-electron chi connectivity index (χ1n) is 5.36. The number of carbonyl (C=O) groups is 1. The molecular weight excluding hydrogens is 259 g/mol. The summed E-state index contributed by atoms with van der Waals surface area (Å²) in [7, 11) is 1.19. The van der Waals surface area contributed by atoms with E-state index in [4.69, 9.17) is 10.5 Å². The van der Waals surface area contributed by atoms with E-state index in [2.05, 4.69) is 4.74 Å². The van der Waals surface area contributed by atoms with E-state index in [0.717, 1.165) is 12.1 Å². The fraction of sp³-hybridized carbons (Fsp3) is 0.364. The molecule has 1 unspecified atom stereocenters. The van der Waals surface area contributed by atoms with Crippen molar-refractivity contribution in [2.24, 2.45) is 5.73 Å². The summed E-state index contributed by atoms with van der Waals surface area (Å²) in [5.74, 6) is -1.95. The minimum absolute atomic E-state index is 0.0537. The van der Waals surface area contributed by atoms with Crippen LogP contribution in [0.4, 0.5) is 10.1 Å². The van der Waals surface area contributed by atoms with Crippen LogP contribution in [0.3, 0.4) is 0 Å². The van der Waals surface area contributed by atoms with Gasteiger partial charge in [-0.05, 0) is 6.07 Å². The van der Waals surface area contributed by atoms with Crippen molar-refractivity contribution in [2.75, 3.05) is 13.7 Å². The van der Waals surface area contributed by atoms with Gasteiger partial charge in [0.25, 0.3) is 0 Å². The molecule has 0 aliphatic rings. The molecule has 0 fully saturated rings. The third-order valence-electron chi connectivity index (χ3n) is 2.32. The van der Waals surface area contributed by atoms with E-state index in [1.165, 1.54) is 13.2 Å². The summed E-state index contributed by atoms with van der Waals surface area (Å²) in [6, 6.07) is 2.46. The Morgan fingerprint density at radius 2 is 2.26 bits per heavy atom.